The molecule has 0 aliphatic carbocycles. The smallest absolute Gasteiger partial charge is 0.290 e. The highest BCUT2D eigenvalue weighted by Crippen LogP contribution is 2.40. The lowest BCUT2D eigenvalue weighted by atomic mass is 9.97. The molecule has 4 rings (SSSR count). The molecule has 0 bridgehead atoms. The topological polar surface area (TPSA) is 59.8 Å². The minimum Gasteiger partial charge on any atom is -0.450 e. The van der Waals surface area contributed by atoms with Gasteiger partial charge < -0.3 is 14.1 Å². The van der Waals surface area contributed by atoms with Crippen molar-refractivity contribution in [2.45, 2.75) is 46.3 Å². The number of fused-ring (bicyclic) bond motifs is 2. The van der Waals surface area contributed by atoms with E-state index in [1.807, 2.05) is 39.8 Å². The summed E-state index contributed by atoms with van der Waals surface area (Å²) in [6, 6.07) is 8.21. The van der Waals surface area contributed by atoms with E-state index >= 15 is 0 Å². The standard InChI is InChI=1S/C25H25Cl2NO4/c1-13(2)31-9-5-8-28-22(16-6-7-18(26)19(27)12-16)21-23(29)17-10-14(3)15(4)11-20(17)32-24(21)25(28)30/h6-7,10-13,22H,5,8-9H2,1-4H3/t22-/m1/s1. The molecule has 7 heteroatoms. The van der Waals surface area contributed by atoms with Crippen molar-refractivity contribution in [2.75, 3.05) is 13.2 Å². The second kappa shape index (κ2) is 8.89. The molecule has 0 spiro atoms. The Balaban J connectivity index is 1.86. The molecular formula is C25H25Cl2NO4. The monoisotopic (exact) mass is 473 g/mol. The normalized spacial score (nSPS) is 15.8. The van der Waals surface area contributed by atoms with Crippen molar-refractivity contribution in [1.29, 1.82) is 0 Å². The average Bonchev–Trinajstić information content (AvgIpc) is 3.01. The SMILES string of the molecule is Cc1cc2oc3c(c(=O)c2cc1C)[C@@H](c1ccc(Cl)c(Cl)c1)N(CCCOC(C)C)C3=O. The van der Waals surface area contributed by atoms with Crippen LogP contribution in [0.4, 0.5) is 0 Å². The number of hydrogen-bond donors (Lipinski definition) is 0. The minimum absolute atomic E-state index is 0.0894. The number of halogens is 2. The van der Waals surface area contributed by atoms with Crippen molar-refractivity contribution < 1.29 is 13.9 Å². The van der Waals surface area contributed by atoms with Crippen LogP contribution in [0.5, 0.6) is 0 Å². The number of rotatable bonds is 6. The van der Waals surface area contributed by atoms with Crippen LogP contribution in [0.3, 0.4) is 0 Å². The van der Waals surface area contributed by atoms with Gasteiger partial charge >= 0.3 is 0 Å². The summed E-state index contributed by atoms with van der Waals surface area (Å²) in [4.78, 5) is 28.7. The van der Waals surface area contributed by atoms with Crippen LogP contribution in [0.1, 0.15) is 59.1 Å². The average molecular weight is 474 g/mol. The third kappa shape index (κ3) is 4.05. The Morgan fingerprint density at radius 1 is 1.06 bits per heavy atom. The highest BCUT2D eigenvalue weighted by molar-refractivity contribution is 6.42. The summed E-state index contributed by atoms with van der Waals surface area (Å²) in [5, 5.41) is 1.24. The second-order valence-electron chi connectivity index (χ2n) is 8.45. The van der Waals surface area contributed by atoms with E-state index in [0.29, 0.717) is 51.7 Å². The molecule has 0 saturated heterocycles. The van der Waals surface area contributed by atoms with Gasteiger partial charge in [-0.15, -0.1) is 0 Å². The molecule has 0 saturated carbocycles. The second-order valence-corrected chi connectivity index (χ2v) is 9.27. The molecular weight excluding hydrogens is 449 g/mol. The summed E-state index contributed by atoms with van der Waals surface area (Å²) in [5.41, 5.74) is 3.26. The highest BCUT2D eigenvalue weighted by atomic mass is 35.5. The molecule has 2 heterocycles. The number of carbonyl (C=O) groups is 1. The molecule has 1 aromatic heterocycles. The van der Waals surface area contributed by atoms with Crippen molar-refractivity contribution >= 4 is 40.1 Å². The summed E-state index contributed by atoms with van der Waals surface area (Å²) in [7, 11) is 0. The summed E-state index contributed by atoms with van der Waals surface area (Å²) >= 11 is 12.4. The van der Waals surface area contributed by atoms with Gasteiger partial charge in [-0.3, -0.25) is 9.59 Å². The fraction of sp³-hybridized carbons (Fsp3) is 0.360. The lowest BCUT2D eigenvalue weighted by Crippen LogP contribution is -2.31. The molecule has 32 heavy (non-hydrogen) atoms. The zero-order valence-corrected chi connectivity index (χ0v) is 20.0. The number of hydrogen-bond acceptors (Lipinski definition) is 4. The van der Waals surface area contributed by atoms with Crippen LogP contribution in [0.15, 0.2) is 39.5 Å². The molecule has 168 valence electrons. The minimum atomic E-state index is -0.603. The molecule has 1 atom stereocenters. The Labute approximate surface area is 196 Å². The van der Waals surface area contributed by atoms with Crippen molar-refractivity contribution in [3.63, 3.8) is 0 Å². The first kappa shape index (κ1) is 22.8. The third-order valence-electron chi connectivity index (χ3n) is 5.84. The highest BCUT2D eigenvalue weighted by Gasteiger charge is 2.42. The first-order valence-electron chi connectivity index (χ1n) is 10.6. The lowest BCUT2D eigenvalue weighted by Gasteiger charge is -2.25. The Bertz CT molecular complexity index is 1270. The van der Waals surface area contributed by atoms with Gasteiger partial charge in [-0.05, 0) is 75.1 Å². The van der Waals surface area contributed by atoms with Crippen LogP contribution in [-0.4, -0.2) is 30.1 Å². The van der Waals surface area contributed by atoms with E-state index in [2.05, 4.69) is 0 Å². The van der Waals surface area contributed by atoms with Crippen LogP contribution in [0.2, 0.25) is 10.0 Å². The van der Waals surface area contributed by atoms with Crippen molar-refractivity contribution in [3.05, 3.63) is 78.6 Å². The van der Waals surface area contributed by atoms with E-state index in [1.165, 1.54) is 0 Å². The largest absolute Gasteiger partial charge is 0.450 e. The quantitative estimate of drug-likeness (QED) is 0.407. The predicted octanol–water partition coefficient (Wildman–Crippen LogP) is 6.08. The van der Waals surface area contributed by atoms with E-state index in [-0.39, 0.29) is 23.2 Å². The first-order chi connectivity index (χ1) is 15.2. The van der Waals surface area contributed by atoms with Crippen molar-refractivity contribution in [3.8, 4) is 0 Å². The summed E-state index contributed by atoms with van der Waals surface area (Å²) in [5.74, 6) is -0.218. The van der Waals surface area contributed by atoms with Crippen molar-refractivity contribution in [1.82, 2.24) is 4.90 Å². The van der Waals surface area contributed by atoms with E-state index in [0.717, 1.165) is 11.1 Å². The molecule has 0 N–H and O–H groups in total. The molecule has 1 aliphatic heterocycles. The van der Waals surface area contributed by atoms with Gasteiger partial charge in [0.25, 0.3) is 5.91 Å². The maximum atomic E-state index is 13.6. The van der Waals surface area contributed by atoms with Crippen LogP contribution < -0.4 is 5.43 Å². The fourth-order valence-electron chi connectivity index (χ4n) is 4.09. The van der Waals surface area contributed by atoms with Crippen molar-refractivity contribution in [2.24, 2.45) is 0 Å². The van der Waals surface area contributed by atoms with Crippen LogP contribution >= 0.6 is 23.2 Å². The van der Waals surface area contributed by atoms with Gasteiger partial charge in [-0.2, -0.15) is 0 Å². The number of ether oxygens (including phenoxy) is 1. The maximum Gasteiger partial charge on any atom is 0.290 e. The molecule has 1 aliphatic rings. The molecule has 2 aromatic carbocycles. The van der Waals surface area contributed by atoms with Crippen LogP contribution in [-0.2, 0) is 4.74 Å². The molecule has 0 fully saturated rings. The van der Waals surface area contributed by atoms with E-state index < -0.39 is 6.04 Å². The number of aryl methyl sites for hydroxylation is 2. The Morgan fingerprint density at radius 2 is 1.78 bits per heavy atom. The number of benzene rings is 2. The Morgan fingerprint density at radius 3 is 2.47 bits per heavy atom. The summed E-state index contributed by atoms with van der Waals surface area (Å²) < 4.78 is 11.7. The van der Waals surface area contributed by atoms with Gasteiger partial charge in [0.1, 0.15) is 5.58 Å². The molecule has 5 nitrogen and oxygen atoms in total. The maximum absolute atomic E-state index is 13.6. The van der Waals surface area contributed by atoms with Crippen LogP contribution in [0.25, 0.3) is 11.0 Å². The van der Waals surface area contributed by atoms with E-state index in [4.69, 9.17) is 32.4 Å². The number of carbonyl (C=O) groups excluding carboxylic acids is 1. The molecule has 0 radical (unpaired) electrons. The van der Waals surface area contributed by atoms with Gasteiger partial charge in [0.15, 0.2) is 5.43 Å². The van der Waals surface area contributed by atoms with Gasteiger partial charge in [0.2, 0.25) is 5.76 Å². The van der Waals surface area contributed by atoms with Gasteiger partial charge in [0, 0.05) is 13.2 Å². The fourth-order valence-corrected chi connectivity index (χ4v) is 4.40. The molecule has 0 unspecified atom stereocenters. The Hall–Kier alpha value is -2.34. The first-order valence-corrected chi connectivity index (χ1v) is 11.4. The summed E-state index contributed by atoms with van der Waals surface area (Å²) in [6.45, 7) is 8.75. The van der Waals surface area contributed by atoms with E-state index in [1.54, 1.807) is 23.1 Å². The van der Waals surface area contributed by atoms with E-state index in [9.17, 15) is 9.59 Å². The summed E-state index contributed by atoms with van der Waals surface area (Å²) in [6.07, 6.45) is 0.731. The Kier molecular flexibility index (Phi) is 6.35. The van der Waals surface area contributed by atoms with Gasteiger partial charge in [-0.25, -0.2) is 0 Å². The molecule has 1 amide bonds. The molecule has 3 aromatic rings. The van der Waals surface area contributed by atoms with Gasteiger partial charge in [-0.1, -0.05) is 29.3 Å². The van der Waals surface area contributed by atoms with Gasteiger partial charge in [0.05, 0.1) is 33.1 Å². The third-order valence-corrected chi connectivity index (χ3v) is 6.57. The number of amides is 1. The van der Waals surface area contributed by atoms with Crippen LogP contribution in [0, 0.1) is 13.8 Å². The zero-order chi connectivity index (χ0) is 23.2. The predicted molar refractivity (Wildman–Crippen MR) is 127 cm³/mol. The lowest BCUT2D eigenvalue weighted by molar-refractivity contribution is 0.0593. The number of nitrogens with zero attached hydrogens (tertiary/aromatic N) is 1. The zero-order valence-electron chi connectivity index (χ0n) is 18.5.